The summed E-state index contributed by atoms with van der Waals surface area (Å²) in [6.45, 7) is 1.06. The summed E-state index contributed by atoms with van der Waals surface area (Å²) < 4.78 is 0. The summed E-state index contributed by atoms with van der Waals surface area (Å²) in [5, 5.41) is 12.9. The van der Waals surface area contributed by atoms with E-state index in [1.54, 1.807) is 12.1 Å². The number of hydrogen-bond acceptors (Lipinski definition) is 3. The van der Waals surface area contributed by atoms with E-state index in [2.05, 4.69) is 15.3 Å². The van der Waals surface area contributed by atoms with E-state index in [1.165, 1.54) is 6.42 Å². The van der Waals surface area contributed by atoms with Crippen LogP contribution < -0.4 is 5.32 Å². The van der Waals surface area contributed by atoms with E-state index in [4.69, 9.17) is 0 Å². The van der Waals surface area contributed by atoms with Crippen molar-refractivity contribution in [2.45, 2.75) is 18.9 Å². The second-order valence-electron chi connectivity index (χ2n) is 4.38. The minimum absolute atomic E-state index is 0.276. The average Bonchev–Trinajstić information content (AvgIpc) is 3.00. The van der Waals surface area contributed by atoms with Crippen molar-refractivity contribution in [2.24, 2.45) is 0 Å². The molecule has 2 heterocycles. The maximum Gasteiger partial charge on any atom is 0.123 e. The van der Waals surface area contributed by atoms with E-state index in [9.17, 15) is 5.11 Å². The molecule has 0 radical (unpaired) electrons. The molecule has 0 aliphatic carbocycles. The van der Waals surface area contributed by atoms with Gasteiger partial charge in [-0.15, -0.1) is 0 Å². The Hall–Kier alpha value is -1.81. The monoisotopic (exact) mass is 229 g/mol. The van der Waals surface area contributed by atoms with Gasteiger partial charge in [-0.3, -0.25) is 0 Å². The number of imidazole rings is 1. The molecule has 1 aliphatic heterocycles. The highest BCUT2D eigenvalue weighted by atomic mass is 16.3. The van der Waals surface area contributed by atoms with E-state index in [0.29, 0.717) is 6.04 Å². The third-order valence-corrected chi connectivity index (χ3v) is 3.14. The molecule has 17 heavy (non-hydrogen) atoms. The van der Waals surface area contributed by atoms with Gasteiger partial charge in [-0.05, 0) is 31.5 Å². The van der Waals surface area contributed by atoms with Crippen molar-refractivity contribution >= 4 is 0 Å². The molecule has 1 fully saturated rings. The van der Waals surface area contributed by atoms with E-state index in [0.717, 1.165) is 30.0 Å². The fourth-order valence-corrected chi connectivity index (χ4v) is 2.25. The van der Waals surface area contributed by atoms with Crippen LogP contribution in [0.2, 0.25) is 0 Å². The second-order valence-corrected chi connectivity index (χ2v) is 4.38. The van der Waals surface area contributed by atoms with Crippen molar-refractivity contribution in [3.8, 4) is 17.0 Å². The van der Waals surface area contributed by atoms with Gasteiger partial charge in [0.2, 0.25) is 0 Å². The first-order chi connectivity index (χ1) is 8.33. The van der Waals surface area contributed by atoms with E-state index in [1.807, 2.05) is 18.3 Å². The number of benzene rings is 1. The van der Waals surface area contributed by atoms with E-state index in [-0.39, 0.29) is 5.75 Å². The molecule has 88 valence electrons. The molecule has 1 aromatic heterocycles. The fraction of sp³-hybridized carbons (Fsp3) is 0.308. The molecule has 4 nitrogen and oxygen atoms in total. The van der Waals surface area contributed by atoms with Gasteiger partial charge < -0.3 is 15.4 Å². The molecule has 1 saturated heterocycles. The summed E-state index contributed by atoms with van der Waals surface area (Å²) in [5.74, 6) is 1.26. The zero-order valence-corrected chi connectivity index (χ0v) is 9.48. The number of nitrogens with one attached hydrogen (secondary N) is 2. The molecule has 2 aromatic rings. The Labute approximate surface area is 99.7 Å². The number of H-pyrrole nitrogens is 1. The molecule has 1 atom stereocenters. The predicted octanol–water partition coefficient (Wildman–Crippen LogP) is 2.21. The Morgan fingerprint density at radius 1 is 1.35 bits per heavy atom. The van der Waals surface area contributed by atoms with Crippen LogP contribution >= 0.6 is 0 Å². The van der Waals surface area contributed by atoms with Crippen LogP contribution in [0.4, 0.5) is 0 Å². The molecule has 0 amide bonds. The molecule has 4 heteroatoms. The number of rotatable bonds is 2. The van der Waals surface area contributed by atoms with Crippen LogP contribution in [0.3, 0.4) is 0 Å². The van der Waals surface area contributed by atoms with Crippen molar-refractivity contribution in [1.29, 1.82) is 0 Å². The van der Waals surface area contributed by atoms with Gasteiger partial charge in [-0.25, -0.2) is 4.98 Å². The number of aromatic amines is 1. The predicted molar refractivity (Wildman–Crippen MR) is 65.7 cm³/mol. The maximum atomic E-state index is 9.45. The van der Waals surface area contributed by atoms with Crippen LogP contribution in [0.1, 0.15) is 24.7 Å². The van der Waals surface area contributed by atoms with Crippen LogP contribution in [0, 0.1) is 0 Å². The van der Waals surface area contributed by atoms with Crippen molar-refractivity contribution in [2.75, 3.05) is 6.54 Å². The number of nitrogens with zero attached hydrogens (tertiary/aromatic N) is 1. The molecule has 3 N–H and O–H groups in total. The quantitative estimate of drug-likeness (QED) is 0.740. The summed E-state index contributed by atoms with van der Waals surface area (Å²) in [7, 11) is 0. The van der Waals surface area contributed by atoms with Crippen LogP contribution in [0.25, 0.3) is 11.3 Å². The lowest BCUT2D eigenvalue weighted by Gasteiger charge is -2.05. The summed E-state index contributed by atoms with van der Waals surface area (Å²) in [4.78, 5) is 7.72. The lowest BCUT2D eigenvalue weighted by molar-refractivity contribution is 0.475. The summed E-state index contributed by atoms with van der Waals surface area (Å²) in [5.41, 5.74) is 1.91. The summed E-state index contributed by atoms with van der Waals surface area (Å²) in [6.07, 6.45) is 4.16. The van der Waals surface area contributed by atoms with Gasteiger partial charge >= 0.3 is 0 Å². The SMILES string of the molecule is Oc1cccc(-c2cnc(C3CCCN3)[nH]2)c1. The largest absolute Gasteiger partial charge is 0.508 e. The number of phenols is 1. The molecule has 1 aromatic carbocycles. The lowest BCUT2D eigenvalue weighted by atomic mass is 10.1. The van der Waals surface area contributed by atoms with Gasteiger partial charge in [-0.1, -0.05) is 12.1 Å². The van der Waals surface area contributed by atoms with Gasteiger partial charge in [0.25, 0.3) is 0 Å². The van der Waals surface area contributed by atoms with Crippen LogP contribution in [-0.2, 0) is 0 Å². The number of aromatic hydroxyl groups is 1. The number of phenolic OH excluding ortho intramolecular Hbond substituents is 1. The standard InChI is InChI=1S/C13H15N3O/c17-10-4-1-3-9(7-10)12-8-15-13(16-12)11-5-2-6-14-11/h1,3-4,7-8,11,14,17H,2,5-6H2,(H,15,16). The third kappa shape index (κ3) is 2.03. The Bertz CT molecular complexity index is 515. The number of hydrogen-bond donors (Lipinski definition) is 3. The van der Waals surface area contributed by atoms with Crippen molar-refractivity contribution in [1.82, 2.24) is 15.3 Å². The number of aromatic nitrogens is 2. The first-order valence-corrected chi connectivity index (χ1v) is 5.90. The Kier molecular flexibility index (Phi) is 2.57. The van der Waals surface area contributed by atoms with E-state index >= 15 is 0 Å². The Morgan fingerprint density at radius 3 is 3.06 bits per heavy atom. The molecular weight excluding hydrogens is 214 g/mol. The lowest BCUT2D eigenvalue weighted by Crippen LogP contribution is -2.14. The topological polar surface area (TPSA) is 60.9 Å². The molecule has 1 aliphatic rings. The maximum absolute atomic E-state index is 9.45. The summed E-state index contributed by atoms with van der Waals surface area (Å²) >= 11 is 0. The Morgan fingerprint density at radius 2 is 2.29 bits per heavy atom. The highest BCUT2D eigenvalue weighted by Gasteiger charge is 2.19. The normalized spacial score (nSPS) is 19.6. The first-order valence-electron chi connectivity index (χ1n) is 5.90. The minimum Gasteiger partial charge on any atom is -0.508 e. The second kappa shape index (κ2) is 4.22. The average molecular weight is 229 g/mol. The fourth-order valence-electron chi connectivity index (χ4n) is 2.25. The zero-order valence-electron chi connectivity index (χ0n) is 9.48. The highest BCUT2D eigenvalue weighted by molar-refractivity contribution is 5.60. The first kappa shape index (κ1) is 10.4. The van der Waals surface area contributed by atoms with Gasteiger partial charge in [0.15, 0.2) is 0 Å². The smallest absolute Gasteiger partial charge is 0.123 e. The van der Waals surface area contributed by atoms with Crippen LogP contribution in [0.5, 0.6) is 5.75 Å². The zero-order chi connectivity index (χ0) is 11.7. The van der Waals surface area contributed by atoms with Gasteiger partial charge in [0, 0.05) is 5.56 Å². The van der Waals surface area contributed by atoms with Gasteiger partial charge in [0.1, 0.15) is 11.6 Å². The molecular formula is C13H15N3O. The van der Waals surface area contributed by atoms with Crippen LogP contribution in [0.15, 0.2) is 30.5 Å². The van der Waals surface area contributed by atoms with E-state index < -0.39 is 0 Å². The third-order valence-electron chi connectivity index (χ3n) is 3.14. The molecule has 3 rings (SSSR count). The van der Waals surface area contributed by atoms with Crippen molar-refractivity contribution in [3.63, 3.8) is 0 Å². The summed E-state index contributed by atoms with van der Waals surface area (Å²) in [6, 6.07) is 7.54. The Balaban J connectivity index is 1.89. The van der Waals surface area contributed by atoms with Gasteiger partial charge in [-0.2, -0.15) is 0 Å². The minimum atomic E-state index is 0.276. The van der Waals surface area contributed by atoms with Gasteiger partial charge in [0.05, 0.1) is 17.9 Å². The molecule has 0 bridgehead atoms. The molecule has 0 spiro atoms. The molecule has 0 saturated carbocycles. The highest BCUT2D eigenvalue weighted by Crippen LogP contribution is 2.25. The molecule has 1 unspecified atom stereocenters. The van der Waals surface area contributed by atoms with Crippen molar-refractivity contribution < 1.29 is 5.11 Å². The van der Waals surface area contributed by atoms with Crippen molar-refractivity contribution in [3.05, 3.63) is 36.3 Å². The van der Waals surface area contributed by atoms with Crippen LogP contribution in [-0.4, -0.2) is 21.6 Å².